The van der Waals surface area contributed by atoms with Crippen molar-refractivity contribution in [3.8, 4) is 5.75 Å². The van der Waals surface area contributed by atoms with Crippen LogP contribution in [0.25, 0.3) is 0 Å². The predicted octanol–water partition coefficient (Wildman–Crippen LogP) is 2.07. The van der Waals surface area contributed by atoms with E-state index in [1.807, 2.05) is 12.1 Å². The quantitative estimate of drug-likeness (QED) is 0.793. The highest BCUT2D eigenvalue weighted by atomic mass is 16.5. The van der Waals surface area contributed by atoms with Crippen LogP contribution >= 0.6 is 0 Å². The normalized spacial score (nSPS) is 20.2. The van der Waals surface area contributed by atoms with E-state index in [0.717, 1.165) is 5.75 Å². The van der Waals surface area contributed by atoms with Gasteiger partial charge in [0.25, 0.3) is 0 Å². The van der Waals surface area contributed by atoms with Crippen molar-refractivity contribution in [1.82, 2.24) is 0 Å². The molecule has 0 radical (unpaired) electrons. The maximum Gasteiger partial charge on any atom is 0.119 e. The van der Waals surface area contributed by atoms with Crippen LogP contribution in [0.3, 0.4) is 0 Å². The molecule has 0 heterocycles. The molecule has 1 atom stereocenters. The molecule has 2 rings (SSSR count). The molecule has 0 spiro atoms. The van der Waals surface area contributed by atoms with Crippen molar-refractivity contribution in [3.63, 3.8) is 0 Å². The first-order valence-corrected chi connectivity index (χ1v) is 5.09. The van der Waals surface area contributed by atoms with Gasteiger partial charge in [-0.1, -0.05) is 12.1 Å². The van der Waals surface area contributed by atoms with Crippen molar-refractivity contribution < 1.29 is 4.74 Å². The lowest BCUT2D eigenvalue weighted by molar-refractivity contribution is 0.413. The molecule has 14 heavy (non-hydrogen) atoms. The first kappa shape index (κ1) is 9.53. The molecule has 2 N–H and O–H groups in total. The van der Waals surface area contributed by atoms with Crippen molar-refractivity contribution in [2.75, 3.05) is 7.11 Å². The van der Waals surface area contributed by atoms with E-state index in [1.165, 1.54) is 18.4 Å². The highest BCUT2D eigenvalue weighted by Gasteiger charge is 2.47. The third kappa shape index (κ3) is 1.40. The summed E-state index contributed by atoms with van der Waals surface area (Å²) >= 11 is 0. The van der Waals surface area contributed by atoms with Crippen LogP contribution in [0.15, 0.2) is 24.3 Å². The maximum absolute atomic E-state index is 6.02. The molecule has 1 aromatic carbocycles. The van der Waals surface area contributed by atoms with Gasteiger partial charge in [0.2, 0.25) is 0 Å². The topological polar surface area (TPSA) is 35.2 Å². The molecule has 1 aromatic rings. The summed E-state index contributed by atoms with van der Waals surface area (Å²) in [6, 6.07) is 8.50. The lowest BCUT2D eigenvalue weighted by Crippen LogP contribution is -2.31. The fourth-order valence-electron chi connectivity index (χ4n) is 2.07. The molecular formula is C12H17NO. The molecule has 0 aliphatic heterocycles. The van der Waals surface area contributed by atoms with Gasteiger partial charge in [-0.05, 0) is 37.5 Å². The molecule has 0 saturated heterocycles. The van der Waals surface area contributed by atoms with Crippen molar-refractivity contribution in [1.29, 1.82) is 0 Å². The van der Waals surface area contributed by atoms with Gasteiger partial charge in [0.1, 0.15) is 5.75 Å². The Hall–Kier alpha value is -1.02. The summed E-state index contributed by atoms with van der Waals surface area (Å²) in [7, 11) is 1.70. The third-order valence-corrected chi connectivity index (χ3v) is 3.30. The Kier molecular flexibility index (Phi) is 2.23. The van der Waals surface area contributed by atoms with Gasteiger partial charge in [-0.15, -0.1) is 0 Å². The molecule has 2 heteroatoms. The molecule has 1 unspecified atom stereocenters. The van der Waals surface area contributed by atoms with Crippen LogP contribution in [0.5, 0.6) is 5.75 Å². The second-order valence-electron chi connectivity index (χ2n) is 4.18. The second-order valence-corrected chi connectivity index (χ2v) is 4.18. The molecule has 0 aromatic heterocycles. The van der Waals surface area contributed by atoms with Gasteiger partial charge in [-0.3, -0.25) is 0 Å². The van der Waals surface area contributed by atoms with E-state index in [2.05, 4.69) is 19.1 Å². The summed E-state index contributed by atoms with van der Waals surface area (Å²) in [5.41, 5.74) is 7.57. The highest BCUT2D eigenvalue weighted by Crippen LogP contribution is 2.50. The van der Waals surface area contributed by atoms with Gasteiger partial charge in [-0.25, -0.2) is 0 Å². The number of benzene rings is 1. The zero-order valence-corrected chi connectivity index (χ0v) is 8.79. The standard InChI is InChI=1S/C12H17NO/c1-9(13)12(6-7-12)10-4-3-5-11(8-10)14-2/h3-5,8-9H,6-7,13H2,1-2H3. The minimum Gasteiger partial charge on any atom is -0.497 e. The summed E-state index contributed by atoms with van der Waals surface area (Å²) < 4.78 is 5.22. The Morgan fingerprint density at radius 2 is 2.14 bits per heavy atom. The summed E-state index contributed by atoms with van der Waals surface area (Å²) in [6.45, 7) is 2.09. The first-order chi connectivity index (χ1) is 6.69. The third-order valence-electron chi connectivity index (χ3n) is 3.30. The van der Waals surface area contributed by atoms with Gasteiger partial charge in [0, 0.05) is 11.5 Å². The van der Waals surface area contributed by atoms with E-state index < -0.39 is 0 Å². The Labute approximate surface area is 85.1 Å². The predicted molar refractivity (Wildman–Crippen MR) is 57.6 cm³/mol. The summed E-state index contributed by atoms with van der Waals surface area (Å²) in [5.74, 6) is 0.925. The molecule has 1 aliphatic rings. The van der Waals surface area contributed by atoms with Crippen molar-refractivity contribution in [2.45, 2.75) is 31.2 Å². The molecule has 0 bridgehead atoms. The van der Waals surface area contributed by atoms with E-state index >= 15 is 0 Å². The summed E-state index contributed by atoms with van der Waals surface area (Å²) in [4.78, 5) is 0. The van der Waals surface area contributed by atoms with Crippen LogP contribution in [0, 0.1) is 0 Å². The Morgan fingerprint density at radius 3 is 2.64 bits per heavy atom. The van der Waals surface area contributed by atoms with Crippen molar-refractivity contribution >= 4 is 0 Å². The average Bonchev–Trinajstić information content (AvgIpc) is 2.98. The van der Waals surface area contributed by atoms with Crippen LogP contribution in [0.1, 0.15) is 25.3 Å². The Bertz CT molecular complexity index is 329. The zero-order valence-electron chi connectivity index (χ0n) is 8.79. The van der Waals surface area contributed by atoms with Crippen molar-refractivity contribution in [2.24, 2.45) is 5.73 Å². The van der Waals surface area contributed by atoms with E-state index in [9.17, 15) is 0 Å². The fraction of sp³-hybridized carbons (Fsp3) is 0.500. The highest BCUT2D eigenvalue weighted by molar-refractivity contribution is 5.38. The van der Waals surface area contributed by atoms with Gasteiger partial charge >= 0.3 is 0 Å². The summed E-state index contributed by atoms with van der Waals surface area (Å²) in [5, 5.41) is 0. The van der Waals surface area contributed by atoms with Crippen LogP contribution in [0.4, 0.5) is 0 Å². The molecule has 0 amide bonds. The molecular weight excluding hydrogens is 174 g/mol. The number of rotatable bonds is 3. The Balaban J connectivity index is 2.32. The monoisotopic (exact) mass is 191 g/mol. The van der Waals surface area contributed by atoms with E-state index in [1.54, 1.807) is 7.11 Å². The average molecular weight is 191 g/mol. The van der Waals surface area contributed by atoms with Gasteiger partial charge < -0.3 is 10.5 Å². The fourth-order valence-corrected chi connectivity index (χ4v) is 2.07. The lowest BCUT2D eigenvalue weighted by Gasteiger charge is -2.20. The molecule has 2 nitrogen and oxygen atoms in total. The number of ether oxygens (including phenoxy) is 1. The molecule has 1 fully saturated rings. The first-order valence-electron chi connectivity index (χ1n) is 5.09. The van der Waals surface area contributed by atoms with Gasteiger partial charge in [0.15, 0.2) is 0 Å². The molecule has 76 valence electrons. The van der Waals surface area contributed by atoms with Gasteiger partial charge in [0.05, 0.1) is 7.11 Å². The Morgan fingerprint density at radius 1 is 1.43 bits per heavy atom. The van der Waals surface area contributed by atoms with Crippen LogP contribution in [-0.4, -0.2) is 13.2 Å². The van der Waals surface area contributed by atoms with E-state index in [-0.39, 0.29) is 11.5 Å². The molecule has 1 saturated carbocycles. The zero-order chi connectivity index (χ0) is 10.2. The minimum absolute atomic E-state index is 0.231. The number of hydrogen-bond donors (Lipinski definition) is 1. The van der Waals surface area contributed by atoms with Crippen LogP contribution in [-0.2, 0) is 5.41 Å². The van der Waals surface area contributed by atoms with Crippen molar-refractivity contribution in [3.05, 3.63) is 29.8 Å². The number of hydrogen-bond acceptors (Lipinski definition) is 2. The molecule has 1 aliphatic carbocycles. The SMILES string of the molecule is COc1cccc(C2(C(C)N)CC2)c1. The smallest absolute Gasteiger partial charge is 0.119 e. The lowest BCUT2D eigenvalue weighted by atomic mass is 9.89. The number of methoxy groups -OCH3 is 1. The number of nitrogens with two attached hydrogens (primary N) is 1. The van der Waals surface area contributed by atoms with Crippen LogP contribution < -0.4 is 10.5 Å². The summed E-state index contributed by atoms with van der Waals surface area (Å²) in [6.07, 6.45) is 2.41. The van der Waals surface area contributed by atoms with E-state index in [4.69, 9.17) is 10.5 Å². The van der Waals surface area contributed by atoms with Crippen LogP contribution in [0.2, 0.25) is 0 Å². The van der Waals surface area contributed by atoms with Gasteiger partial charge in [-0.2, -0.15) is 0 Å². The maximum atomic E-state index is 6.02. The minimum atomic E-state index is 0.231. The second kappa shape index (κ2) is 3.28. The van der Waals surface area contributed by atoms with E-state index in [0.29, 0.717) is 0 Å². The largest absolute Gasteiger partial charge is 0.497 e.